The number of aryl methyl sites for hydroxylation is 2. The lowest BCUT2D eigenvalue weighted by atomic mass is 9.93. The summed E-state index contributed by atoms with van der Waals surface area (Å²) in [6, 6.07) is 10.6. The van der Waals surface area contributed by atoms with Gasteiger partial charge >= 0.3 is 5.69 Å². The standard InChI is InChI=1S/C23H22N4O6/c1-14(15-7-3-2-4-8-15)26-32-13-21(28)25-24-12-17-22-16-9-5-6-10-19(16)33-20(22)11-18(23(17)29)27(30)31/h2-4,7-8,11-12,29H,5-6,9-10,13H2,1H3,(H,25,28)/b24-12+,26-14+. The molecule has 1 aromatic heterocycles. The summed E-state index contributed by atoms with van der Waals surface area (Å²) < 4.78 is 5.82. The van der Waals surface area contributed by atoms with E-state index in [0.717, 1.165) is 42.6 Å². The Hall–Kier alpha value is -4.21. The van der Waals surface area contributed by atoms with Crippen LogP contribution in [0.4, 0.5) is 5.69 Å². The molecule has 2 N–H and O–H groups in total. The highest BCUT2D eigenvalue weighted by atomic mass is 16.6. The molecule has 1 heterocycles. The van der Waals surface area contributed by atoms with Gasteiger partial charge in [0.2, 0.25) is 5.75 Å². The fourth-order valence-electron chi connectivity index (χ4n) is 3.82. The van der Waals surface area contributed by atoms with Crippen LogP contribution in [0.5, 0.6) is 5.75 Å². The van der Waals surface area contributed by atoms with E-state index in [0.29, 0.717) is 16.7 Å². The lowest BCUT2D eigenvalue weighted by molar-refractivity contribution is -0.385. The van der Waals surface area contributed by atoms with Gasteiger partial charge in [-0.1, -0.05) is 35.5 Å². The van der Waals surface area contributed by atoms with E-state index in [1.807, 2.05) is 30.3 Å². The molecule has 0 bridgehead atoms. The van der Waals surface area contributed by atoms with Crippen molar-refractivity contribution in [2.75, 3.05) is 6.61 Å². The Morgan fingerprint density at radius 3 is 2.82 bits per heavy atom. The number of furan rings is 1. The molecule has 3 aromatic rings. The number of nitrogens with zero attached hydrogens (tertiary/aromatic N) is 3. The van der Waals surface area contributed by atoms with Gasteiger partial charge in [-0.2, -0.15) is 5.10 Å². The molecule has 0 fully saturated rings. The Bertz CT molecular complexity index is 1260. The van der Waals surface area contributed by atoms with Crippen LogP contribution in [0.1, 0.15) is 42.2 Å². The fraction of sp³-hybridized carbons (Fsp3) is 0.261. The van der Waals surface area contributed by atoms with Crippen LogP contribution in [0.2, 0.25) is 0 Å². The van der Waals surface area contributed by atoms with Gasteiger partial charge in [0.1, 0.15) is 11.3 Å². The van der Waals surface area contributed by atoms with Crippen molar-refractivity contribution in [2.45, 2.75) is 32.6 Å². The molecular weight excluding hydrogens is 428 g/mol. The number of hydrogen-bond donors (Lipinski definition) is 2. The Labute approximate surface area is 188 Å². The van der Waals surface area contributed by atoms with E-state index < -0.39 is 22.3 Å². The van der Waals surface area contributed by atoms with E-state index in [1.54, 1.807) is 6.92 Å². The first-order valence-corrected chi connectivity index (χ1v) is 10.4. The number of fused-ring (bicyclic) bond motifs is 3. The molecule has 4 rings (SSSR count). The Morgan fingerprint density at radius 1 is 1.30 bits per heavy atom. The molecule has 10 nitrogen and oxygen atoms in total. The number of hydrazone groups is 1. The van der Waals surface area contributed by atoms with E-state index in [9.17, 15) is 20.0 Å². The van der Waals surface area contributed by atoms with E-state index in [4.69, 9.17) is 9.25 Å². The van der Waals surface area contributed by atoms with Gasteiger partial charge in [0.05, 0.1) is 28.5 Å². The van der Waals surface area contributed by atoms with Crippen molar-refractivity contribution in [1.29, 1.82) is 0 Å². The third-order valence-corrected chi connectivity index (χ3v) is 5.40. The van der Waals surface area contributed by atoms with Crippen LogP contribution in [0.15, 0.2) is 51.1 Å². The van der Waals surface area contributed by atoms with Gasteiger partial charge < -0.3 is 14.4 Å². The summed E-state index contributed by atoms with van der Waals surface area (Å²) in [5.74, 6) is -0.347. The Morgan fingerprint density at radius 2 is 2.06 bits per heavy atom. The van der Waals surface area contributed by atoms with Crippen LogP contribution in [-0.4, -0.2) is 34.5 Å². The van der Waals surface area contributed by atoms with Crippen LogP contribution in [-0.2, 0) is 22.5 Å². The fourth-order valence-corrected chi connectivity index (χ4v) is 3.82. The van der Waals surface area contributed by atoms with Crippen LogP contribution in [0.25, 0.3) is 11.0 Å². The second-order valence-electron chi connectivity index (χ2n) is 7.61. The first-order chi connectivity index (χ1) is 16.0. The van der Waals surface area contributed by atoms with Gasteiger partial charge in [-0.3, -0.25) is 14.9 Å². The van der Waals surface area contributed by atoms with Crippen LogP contribution in [0.3, 0.4) is 0 Å². The topological polar surface area (TPSA) is 140 Å². The lowest BCUT2D eigenvalue weighted by Crippen LogP contribution is -2.22. The number of amides is 1. The number of rotatable bonds is 7. The summed E-state index contributed by atoms with van der Waals surface area (Å²) in [5.41, 5.74) is 4.62. The number of phenols is 1. The summed E-state index contributed by atoms with van der Waals surface area (Å²) in [6.07, 6.45) is 4.57. The molecule has 0 aliphatic heterocycles. The average molecular weight is 450 g/mol. The van der Waals surface area contributed by atoms with Gasteiger partial charge in [-0.25, -0.2) is 5.43 Å². The zero-order valence-electron chi connectivity index (χ0n) is 17.9. The number of phenolic OH excluding ortho intramolecular Hbond substituents is 1. The van der Waals surface area contributed by atoms with Gasteiger partial charge in [-0.15, -0.1) is 0 Å². The van der Waals surface area contributed by atoms with Gasteiger partial charge in [-0.05, 0) is 31.7 Å². The molecule has 0 unspecified atom stereocenters. The summed E-state index contributed by atoms with van der Waals surface area (Å²) in [4.78, 5) is 27.8. The smallest absolute Gasteiger partial charge is 0.315 e. The number of carbonyl (C=O) groups is 1. The van der Waals surface area contributed by atoms with Gasteiger partial charge in [0, 0.05) is 17.4 Å². The quantitative estimate of drug-likeness (QED) is 0.319. The van der Waals surface area contributed by atoms with E-state index in [-0.39, 0.29) is 12.2 Å². The van der Waals surface area contributed by atoms with Crippen LogP contribution in [0, 0.1) is 10.1 Å². The second kappa shape index (κ2) is 9.51. The van der Waals surface area contributed by atoms with Gasteiger partial charge in [0.15, 0.2) is 6.61 Å². The predicted octanol–water partition coefficient (Wildman–Crippen LogP) is 3.82. The third-order valence-electron chi connectivity index (χ3n) is 5.40. The zero-order valence-corrected chi connectivity index (χ0v) is 17.9. The zero-order chi connectivity index (χ0) is 23.4. The van der Waals surface area contributed by atoms with Crippen molar-refractivity contribution in [2.24, 2.45) is 10.3 Å². The molecule has 0 saturated heterocycles. The first-order valence-electron chi connectivity index (χ1n) is 10.4. The number of nitrogens with one attached hydrogen (secondary N) is 1. The second-order valence-corrected chi connectivity index (χ2v) is 7.61. The van der Waals surface area contributed by atoms with Crippen molar-refractivity contribution < 1.29 is 24.1 Å². The number of nitro benzene ring substituents is 1. The monoisotopic (exact) mass is 450 g/mol. The van der Waals surface area contributed by atoms with Crippen molar-refractivity contribution in [3.63, 3.8) is 0 Å². The molecule has 1 aliphatic rings. The van der Waals surface area contributed by atoms with E-state index >= 15 is 0 Å². The molecule has 0 radical (unpaired) electrons. The van der Waals surface area contributed by atoms with Crippen molar-refractivity contribution in [1.82, 2.24) is 5.43 Å². The largest absolute Gasteiger partial charge is 0.502 e. The molecule has 1 amide bonds. The predicted molar refractivity (Wildman–Crippen MR) is 122 cm³/mol. The maximum absolute atomic E-state index is 12.0. The average Bonchev–Trinajstić information content (AvgIpc) is 3.19. The first kappa shape index (κ1) is 22.0. The molecular formula is C23H22N4O6. The molecule has 10 heteroatoms. The number of carbonyl (C=O) groups excluding carboxylic acids is 1. The molecule has 170 valence electrons. The highest BCUT2D eigenvalue weighted by molar-refractivity contribution is 6.05. The summed E-state index contributed by atoms with van der Waals surface area (Å²) in [7, 11) is 0. The van der Waals surface area contributed by atoms with Crippen molar-refractivity contribution in [3.8, 4) is 5.75 Å². The number of aromatic hydroxyl groups is 1. The highest BCUT2D eigenvalue weighted by Gasteiger charge is 2.27. The minimum atomic E-state index is -0.687. The van der Waals surface area contributed by atoms with Crippen LogP contribution >= 0.6 is 0 Å². The van der Waals surface area contributed by atoms with Crippen LogP contribution < -0.4 is 5.43 Å². The normalized spacial score (nSPS) is 13.8. The summed E-state index contributed by atoms with van der Waals surface area (Å²) >= 11 is 0. The summed E-state index contributed by atoms with van der Waals surface area (Å²) in [5, 5.41) is 30.2. The SMILES string of the molecule is C/C(=N\OCC(=O)N/N=C/c1c(O)c([N+](=O)[O-])cc2oc3c(c12)CCCC3)c1ccccc1. The number of hydrogen-bond acceptors (Lipinski definition) is 8. The molecule has 2 aromatic carbocycles. The number of benzene rings is 2. The third kappa shape index (κ3) is 4.69. The van der Waals surface area contributed by atoms with E-state index in [1.165, 1.54) is 12.3 Å². The minimum absolute atomic E-state index is 0.130. The highest BCUT2D eigenvalue weighted by Crippen LogP contribution is 2.41. The van der Waals surface area contributed by atoms with Crippen molar-refractivity contribution in [3.05, 3.63) is 69.0 Å². The molecule has 0 atom stereocenters. The number of nitro groups is 1. The molecule has 0 spiro atoms. The maximum Gasteiger partial charge on any atom is 0.315 e. The van der Waals surface area contributed by atoms with Gasteiger partial charge in [0.25, 0.3) is 5.91 Å². The van der Waals surface area contributed by atoms with Crippen molar-refractivity contribution >= 4 is 34.5 Å². The number of oxime groups is 1. The lowest BCUT2D eigenvalue weighted by Gasteiger charge is -2.10. The summed E-state index contributed by atoms with van der Waals surface area (Å²) in [6.45, 7) is 1.38. The van der Waals surface area contributed by atoms with E-state index in [2.05, 4.69) is 15.7 Å². The maximum atomic E-state index is 12.0. The molecule has 33 heavy (non-hydrogen) atoms. The Kier molecular flexibility index (Phi) is 6.34. The molecule has 1 aliphatic carbocycles. The minimum Gasteiger partial charge on any atom is -0.502 e. The Balaban J connectivity index is 1.50. The molecule has 0 saturated carbocycles.